The van der Waals surface area contributed by atoms with Crippen LogP contribution in [0.15, 0.2) is 48.5 Å². The number of urea groups is 1. The van der Waals surface area contributed by atoms with Gasteiger partial charge < -0.3 is 26.6 Å². The van der Waals surface area contributed by atoms with Crippen LogP contribution in [0.3, 0.4) is 0 Å². The first-order valence-electron chi connectivity index (χ1n) is 9.90. The van der Waals surface area contributed by atoms with Gasteiger partial charge in [0.05, 0.1) is 0 Å². The number of aryl methyl sites for hydroxylation is 1. The van der Waals surface area contributed by atoms with Gasteiger partial charge in [0.15, 0.2) is 0 Å². The standard InChI is InChI=1S/C22H29N5O2.2ClH/c1-15-3-5-16(6-4-15)20(23)21(28)24-17-7-9-18(10-8-17)25-22(29)26-19-11-13-27(2)14-12-19;;/h3-10,19-20H,11-14,23H2,1-2H3,(H,24,28)(H2,25,26,29);2*1H. The van der Waals surface area contributed by atoms with Crippen LogP contribution in [-0.2, 0) is 4.79 Å². The summed E-state index contributed by atoms with van der Waals surface area (Å²) < 4.78 is 0. The zero-order valence-electron chi connectivity index (χ0n) is 17.8. The van der Waals surface area contributed by atoms with Crippen LogP contribution >= 0.6 is 24.8 Å². The summed E-state index contributed by atoms with van der Waals surface area (Å²) in [5.41, 5.74) is 9.21. The topological polar surface area (TPSA) is 99.5 Å². The molecular formula is C22H31Cl2N5O2. The van der Waals surface area contributed by atoms with E-state index in [0.717, 1.165) is 37.1 Å². The molecule has 0 spiro atoms. The first-order chi connectivity index (χ1) is 13.9. The summed E-state index contributed by atoms with van der Waals surface area (Å²) in [4.78, 5) is 26.8. The van der Waals surface area contributed by atoms with Crippen LogP contribution < -0.4 is 21.7 Å². The third-order valence-corrected chi connectivity index (χ3v) is 5.18. The van der Waals surface area contributed by atoms with Gasteiger partial charge >= 0.3 is 6.03 Å². The number of rotatable bonds is 5. The van der Waals surface area contributed by atoms with Gasteiger partial charge in [-0.2, -0.15) is 0 Å². The number of carbonyl (C=O) groups excluding carboxylic acids is 2. The van der Waals surface area contributed by atoms with Gasteiger partial charge in [-0.15, -0.1) is 24.8 Å². The number of amides is 3. The predicted octanol–water partition coefficient (Wildman–Crippen LogP) is 3.69. The average molecular weight is 468 g/mol. The summed E-state index contributed by atoms with van der Waals surface area (Å²) in [6, 6.07) is 13.8. The fourth-order valence-electron chi connectivity index (χ4n) is 3.29. The average Bonchev–Trinajstić information content (AvgIpc) is 2.71. The Bertz CT molecular complexity index is 838. The first-order valence-corrected chi connectivity index (χ1v) is 9.90. The normalized spacial score (nSPS) is 15.1. The van der Waals surface area contributed by atoms with Crippen molar-refractivity contribution in [3.63, 3.8) is 0 Å². The smallest absolute Gasteiger partial charge is 0.319 e. The molecule has 31 heavy (non-hydrogen) atoms. The second-order valence-corrected chi connectivity index (χ2v) is 7.63. The number of nitrogens with zero attached hydrogens (tertiary/aromatic N) is 1. The second kappa shape index (κ2) is 12.5. The minimum atomic E-state index is -0.742. The summed E-state index contributed by atoms with van der Waals surface area (Å²) in [6.07, 6.45) is 1.91. The molecule has 0 aliphatic carbocycles. The molecule has 5 N–H and O–H groups in total. The molecule has 1 saturated heterocycles. The zero-order valence-corrected chi connectivity index (χ0v) is 19.4. The fourth-order valence-corrected chi connectivity index (χ4v) is 3.29. The molecular weight excluding hydrogens is 437 g/mol. The van der Waals surface area contributed by atoms with Crippen molar-refractivity contribution in [2.45, 2.75) is 31.8 Å². The van der Waals surface area contributed by atoms with Crippen LogP contribution in [0.4, 0.5) is 16.2 Å². The lowest BCUT2D eigenvalue weighted by molar-refractivity contribution is -0.117. The highest BCUT2D eigenvalue weighted by Gasteiger charge is 2.18. The van der Waals surface area contributed by atoms with Crippen LogP contribution in [0.2, 0.25) is 0 Å². The van der Waals surface area contributed by atoms with E-state index in [1.165, 1.54) is 0 Å². The van der Waals surface area contributed by atoms with E-state index in [4.69, 9.17) is 5.73 Å². The molecule has 3 rings (SSSR count). The monoisotopic (exact) mass is 467 g/mol. The maximum absolute atomic E-state index is 12.4. The molecule has 1 aliphatic rings. The van der Waals surface area contributed by atoms with Gasteiger partial charge in [0.1, 0.15) is 6.04 Å². The number of halogens is 2. The molecule has 1 fully saturated rings. The molecule has 7 nitrogen and oxygen atoms in total. The maximum atomic E-state index is 12.4. The Morgan fingerprint density at radius 3 is 2.00 bits per heavy atom. The number of carbonyl (C=O) groups is 2. The fraction of sp³-hybridized carbons (Fsp3) is 0.364. The van der Waals surface area contributed by atoms with E-state index in [1.807, 2.05) is 31.2 Å². The summed E-state index contributed by atoms with van der Waals surface area (Å²) in [7, 11) is 2.09. The number of anilines is 2. The number of benzene rings is 2. The number of piperidine rings is 1. The molecule has 2 aromatic rings. The molecule has 9 heteroatoms. The molecule has 1 heterocycles. The van der Waals surface area contributed by atoms with Crippen LogP contribution in [0.1, 0.15) is 30.0 Å². The number of hydrogen-bond donors (Lipinski definition) is 4. The van der Waals surface area contributed by atoms with Crippen molar-refractivity contribution < 1.29 is 9.59 Å². The number of hydrogen-bond acceptors (Lipinski definition) is 4. The van der Waals surface area contributed by atoms with E-state index in [1.54, 1.807) is 24.3 Å². The highest BCUT2D eigenvalue weighted by Crippen LogP contribution is 2.17. The van der Waals surface area contributed by atoms with Crippen molar-refractivity contribution in [2.24, 2.45) is 5.73 Å². The van der Waals surface area contributed by atoms with Gasteiger partial charge in [0.25, 0.3) is 0 Å². The lowest BCUT2D eigenvalue weighted by atomic mass is 10.1. The Hall–Kier alpha value is -2.32. The number of nitrogens with one attached hydrogen (secondary N) is 3. The van der Waals surface area contributed by atoms with Gasteiger partial charge in [0, 0.05) is 17.4 Å². The van der Waals surface area contributed by atoms with Crippen LogP contribution in [-0.4, -0.2) is 43.0 Å². The highest BCUT2D eigenvalue weighted by molar-refractivity contribution is 5.96. The molecule has 1 aliphatic heterocycles. The van der Waals surface area contributed by atoms with Crippen molar-refractivity contribution in [1.82, 2.24) is 10.2 Å². The minimum Gasteiger partial charge on any atom is -0.335 e. The molecule has 1 unspecified atom stereocenters. The maximum Gasteiger partial charge on any atom is 0.319 e. The summed E-state index contributed by atoms with van der Waals surface area (Å²) >= 11 is 0. The predicted molar refractivity (Wildman–Crippen MR) is 130 cm³/mol. The largest absolute Gasteiger partial charge is 0.335 e. The van der Waals surface area contributed by atoms with Gasteiger partial charge in [-0.3, -0.25) is 4.79 Å². The van der Waals surface area contributed by atoms with Gasteiger partial charge in [-0.1, -0.05) is 29.8 Å². The lowest BCUT2D eigenvalue weighted by Crippen LogP contribution is -2.44. The highest BCUT2D eigenvalue weighted by atomic mass is 35.5. The Labute approximate surface area is 196 Å². The van der Waals surface area contributed by atoms with Crippen LogP contribution in [0, 0.1) is 6.92 Å². The van der Waals surface area contributed by atoms with E-state index < -0.39 is 6.04 Å². The lowest BCUT2D eigenvalue weighted by Gasteiger charge is -2.29. The molecule has 1 atom stereocenters. The second-order valence-electron chi connectivity index (χ2n) is 7.63. The summed E-state index contributed by atoms with van der Waals surface area (Å²) in [5.74, 6) is -0.283. The molecule has 170 valence electrons. The van der Waals surface area contributed by atoms with Crippen molar-refractivity contribution in [3.8, 4) is 0 Å². The zero-order chi connectivity index (χ0) is 20.8. The molecule has 2 aromatic carbocycles. The van der Waals surface area contributed by atoms with Crippen molar-refractivity contribution >= 4 is 48.1 Å². The van der Waals surface area contributed by atoms with E-state index >= 15 is 0 Å². The van der Waals surface area contributed by atoms with Gasteiger partial charge in [0.2, 0.25) is 5.91 Å². The number of nitrogens with two attached hydrogens (primary N) is 1. The Morgan fingerprint density at radius 2 is 1.45 bits per heavy atom. The van der Waals surface area contributed by atoms with Crippen molar-refractivity contribution in [1.29, 1.82) is 0 Å². The number of likely N-dealkylation sites (tertiary alicyclic amines) is 1. The van der Waals surface area contributed by atoms with Crippen molar-refractivity contribution in [2.75, 3.05) is 30.8 Å². The third kappa shape index (κ3) is 8.03. The van der Waals surface area contributed by atoms with Gasteiger partial charge in [-0.25, -0.2) is 4.79 Å². The summed E-state index contributed by atoms with van der Waals surface area (Å²) in [6.45, 7) is 3.97. The van der Waals surface area contributed by atoms with Gasteiger partial charge in [-0.05, 0) is 69.7 Å². The first kappa shape index (κ1) is 26.7. The van der Waals surface area contributed by atoms with Crippen LogP contribution in [0.5, 0.6) is 0 Å². The SMILES string of the molecule is Cc1ccc(C(N)C(=O)Nc2ccc(NC(=O)NC3CCN(C)CC3)cc2)cc1.Cl.Cl. The van der Waals surface area contributed by atoms with E-state index in [2.05, 4.69) is 27.9 Å². The molecule has 3 amide bonds. The molecule has 0 bridgehead atoms. The Balaban J connectivity index is 0.00000240. The molecule has 0 aromatic heterocycles. The molecule has 0 radical (unpaired) electrons. The van der Waals surface area contributed by atoms with E-state index in [-0.39, 0.29) is 42.8 Å². The Kier molecular flexibility index (Phi) is 10.8. The Morgan fingerprint density at radius 1 is 0.935 bits per heavy atom. The third-order valence-electron chi connectivity index (χ3n) is 5.18. The quantitative estimate of drug-likeness (QED) is 0.538. The molecule has 0 saturated carbocycles. The minimum absolute atomic E-state index is 0. The van der Waals surface area contributed by atoms with Crippen LogP contribution in [0.25, 0.3) is 0 Å². The van der Waals surface area contributed by atoms with E-state index in [9.17, 15) is 9.59 Å². The summed E-state index contributed by atoms with van der Waals surface area (Å²) in [5, 5.41) is 8.65. The van der Waals surface area contributed by atoms with Crippen molar-refractivity contribution in [3.05, 3.63) is 59.7 Å². The van der Waals surface area contributed by atoms with E-state index in [0.29, 0.717) is 11.4 Å².